The zero-order valence-corrected chi connectivity index (χ0v) is 12.4. The summed E-state index contributed by atoms with van der Waals surface area (Å²) in [6.07, 6.45) is 0. The van der Waals surface area contributed by atoms with Crippen molar-refractivity contribution in [2.45, 2.75) is 13.1 Å². The van der Waals surface area contributed by atoms with Crippen LogP contribution in [0.15, 0.2) is 42.5 Å². The molecule has 0 aromatic heterocycles. The van der Waals surface area contributed by atoms with Gasteiger partial charge in [0, 0.05) is 18.1 Å². The number of hydrogen-bond acceptors (Lipinski definition) is 3. The molecule has 0 atom stereocenters. The molecule has 0 bridgehead atoms. The van der Waals surface area contributed by atoms with E-state index in [1.807, 2.05) is 31.3 Å². The SMILES string of the molecule is CN(Cc1cccc(C#N)c1)Cc1ccc(C#N)cc1Cl. The van der Waals surface area contributed by atoms with Crippen LogP contribution in [0.2, 0.25) is 5.02 Å². The number of nitriles is 2. The molecule has 0 fully saturated rings. The number of hydrogen-bond donors (Lipinski definition) is 0. The minimum atomic E-state index is 0.563. The molecule has 3 nitrogen and oxygen atoms in total. The molecule has 2 aromatic carbocycles. The van der Waals surface area contributed by atoms with Crippen LogP contribution in [0.25, 0.3) is 0 Å². The second-order valence-corrected chi connectivity index (χ2v) is 5.31. The van der Waals surface area contributed by atoms with E-state index >= 15 is 0 Å². The smallest absolute Gasteiger partial charge is 0.0992 e. The summed E-state index contributed by atoms with van der Waals surface area (Å²) in [4.78, 5) is 2.11. The minimum absolute atomic E-state index is 0.563. The van der Waals surface area contributed by atoms with Gasteiger partial charge in [0.2, 0.25) is 0 Å². The first-order chi connectivity index (χ1) is 10.1. The predicted molar refractivity (Wildman–Crippen MR) is 82.5 cm³/mol. The molecule has 0 aliphatic carbocycles. The lowest BCUT2D eigenvalue weighted by Gasteiger charge is -2.17. The molecule has 0 aliphatic heterocycles. The Hall–Kier alpha value is -2.33. The zero-order valence-electron chi connectivity index (χ0n) is 11.7. The Labute approximate surface area is 129 Å². The molecule has 0 amide bonds. The van der Waals surface area contributed by atoms with Gasteiger partial charge in [-0.05, 0) is 42.4 Å². The van der Waals surface area contributed by atoms with Gasteiger partial charge >= 0.3 is 0 Å². The van der Waals surface area contributed by atoms with E-state index in [9.17, 15) is 0 Å². The molecule has 0 heterocycles. The highest BCUT2D eigenvalue weighted by molar-refractivity contribution is 6.31. The highest BCUT2D eigenvalue weighted by Crippen LogP contribution is 2.20. The van der Waals surface area contributed by atoms with Crippen molar-refractivity contribution in [3.8, 4) is 12.1 Å². The third-order valence-corrected chi connectivity index (χ3v) is 3.48. The summed E-state index contributed by atoms with van der Waals surface area (Å²) in [6.45, 7) is 1.41. The molecule has 2 rings (SSSR count). The lowest BCUT2D eigenvalue weighted by molar-refractivity contribution is 0.319. The quantitative estimate of drug-likeness (QED) is 0.864. The molecule has 0 radical (unpaired) electrons. The van der Waals surface area contributed by atoms with Gasteiger partial charge in [0.1, 0.15) is 0 Å². The highest BCUT2D eigenvalue weighted by Gasteiger charge is 2.07. The van der Waals surface area contributed by atoms with Gasteiger partial charge in [-0.1, -0.05) is 29.8 Å². The summed E-state index contributed by atoms with van der Waals surface area (Å²) < 4.78 is 0. The lowest BCUT2D eigenvalue weighted by Crippen LogP contribution is -2.17. The molecule has 0 saturated heterocycles. The Bertz CT molecular complexity index is 726. The molecule has 0 spiro atoms. The number of rotatable bonds is 4. The molecule has 0 aliphatic rings. The maximum Gasteiger partial charge on any atom is 0.0992 e. The Morgan fingerprint density at radius 2 is 1.71 bits per heavy atom. The van der Waals surface area contributed by atoms with Gasteiger partial charge < -0.3 is 0 Å². The molecule has 0 N–H and O–H groups in total. The van der Waals surface area contributed by atoms with Crippen LogP contribution in [0.4, 0.5) is 0 Å². The Morgan fingerprint density at radius 3 is 2.38 bits per heavy atom. The maximum absolute atomic E-state index is 8.91. The average molecular weight is 296 g/mol. The van der Waals surface area contributed by atoms with Crippen molar-refractivity contribution in [2.75, 3.05) is 7.05 Å². The molecule has 4 heteroatoms. The molecule has 0 unspecified atom stereocenters. The van der Waals surface area contributed by atoms with Gasteiger partial charge in [0.25, 0.3) is 0 Å². The average Bonchev–Trinajstić information content (AvgIpc) is 2.49. The van der Waals surface area contributed by atoms with Crippen molar-refractivity contribution in [3.05, 3.63) is 69.7 Å². The third-order valence-electron chi connectivity index (χ3n) is 3.13. The van der Waals surface area contributed by atoms with Crippen LogP contribution < -0.4 is 0 Å². The van der Waals surface area contributed by atoms with Crippen molar-refractivity contribution < 1.29 is 0 Å². The topological polar surface area (TPSA) is 50.8 Å². The van der Waals surface area contributed by atoms with E-state index in [1.165, 1.54) is 0 Å². The van der Waals surface area contributed by atoms with Crippen LogP contribution >= 0.6 is 11.6 Å². The van der Waals surface area contributed by atoms with Gasteiger partial charge in [-0.25, -0.2) is 0 Å². The normalized spacial score (nSPS) is 10.1. The first kappa shape index (κ1) is 15.1. The van der Waals surface area contributed by atoms with Crippen molar-refractivity contribution in [1.82, 2.24) is 4.90 Å². The van der Waals surface area contributed by atoms with Gasteiger partial charge in [0.15, 0.2) is 0 Å². The Kier molecular flexibility index (Phi) is 4.95. The van der Waals surface area contributed by atoms with E-state index in [0.29, 0.717) is 22.7 Å². The number of halogens is 1. The van der Waals surface area contributed by atoms with Crippen LogP contribution in [-0.2, 0) is 13.1 Å². The van der Waals surface area contributed by atoms with Gasteiger partial charge in [0.05, 0.1) is 23.3 Å². The summed E-state index contributed by atoms with van der Waals surface area (Å²) in [6, 6.07) is 17.1. The molecule has 104 valence electrons. The molecule has 0 saturated carbocycles. The Balaban J connectivity index is 2.06. The van der Waals surface area contributed by atoms with E-state index < -0.39 is 0 Å². The minimum Gasteiger partial charge on any atom is -0.298 e. The summed E-state index contributed by atoms with van der Waals surface area (Å²) in [5, 5.41) is 18.3. The van der Waals surface area contributed by atoms with Crippen molar-refractivity contribution in [2.24, 2.45) is 0 Å². The van der Waals surface area contributed by atoms with Gasteiger partial charge in [-0.2, -0.15) is 10.5 Å². The standard InChI is InChI=1S/C17H14ClN3/c1-21(11-15-4-2-3-13(7-15)9-19)12-16-6-5-14(10-20)8-17(16)18/h2-8H,11-12H2,1H3. The first-order valence-corrected chi connectivity index (χ1v) is 6.86. The Morgan fingerprint density at radius 1 is 1.00 bits per heavy atom. The third kappa shape index (κ3) is 4.07. The van der Waals surface area contributed by atoms with E-state index in [2.05, 4.69) is 17.0 Å². The van der Waals surface area contributed by atoms with Crippen molar-refractivity contribution in [3.63, 3.8) is 0 Å². The second kappa shape index (κ2) is 6.90. The number of nitrogens with zero attached hydrogens (tertiary/aromatic N) is 3. The summed E-state index contributed by atoms with van der Waals surface area (Å²) in [5.74, 6) is 0. The highest BCUT2D eigenvalue weighted by atomic mass is 35.5. The molecule has 21 heavy (non-hydrogen) atoms. The first-order valence-electron chi connectivity index (χ1n) is 6.48. The van der Waals surface area contributed by atoms with Crippen LogP contribution in [0.1, 0.15) is 22.3 Å². The van der Waals surface area contributed by atoms with Crippen molar-refractivity contribution >= 4 is 11.6 Å². The molecule has 2 aromatic rings. The van der Waals surface area contributed by atoms with Gasteiger partial charge in [-0.3, -0.25) is 4.90 Å². The van der Waals surface area contributed by atoms with E-state index in [1.54, 1.807) is 18.2 Å². The van der Waals surface area contributed by atoms with E-state index in [0.717, 1.165) is 17.7 Å². The van der Waals surface area contributed by atoms with Crippen LogP contribution in [0.3, 0.4) is 0 Å². The summed E-state index contributed by atoms with van der Waals surface area (Å²) in [7, 11) is 1.99. The zero-order chi connectivity index (χ0) is 15.2. The fraction of sp³-hybridized carbons (Fsp3) is 0.176. The number of benzene rings is 2. The predicted octanol–water partition coefficient (Wildman–Crippen LogP) is 3.72. The van der Waals surface area contributed by atoms with E-state index in [4.69, 9.17) is 22.1 Å². The summed E-state index contributed by atoms with van der Waals surface area (Å²) in [5.41, 5.74) is 3.29. The summed E-state index contributed by atoms with van der Waals surface area (Å²) >= 11 is 6.18. The van der Waals surface area contributed by atoms with E-state index in [-0.39, 0.29) is 0 Å². The molecular formula is C17H14ClN3. The van der Waals surface area contributed by atoms with Crippen LogP contribution in [0, 0.1) is 22.7 Å². The van der Waals surface area contributed by atoms with Crippen LogP contribution in [-0.4, -0.2) is 11.9 Å². The lowest BCUT2D eigenvalue weighted by atomic mass is 10.1. The fourth-order valence-electron chi connectivity index (χ4n) is 2.14. The van der Waals surface area contributed by atoms with Crippen molar-refractivity contribution in [1.29, 1.82) is 10.5 Å². The van der Waals surface area contributed by atoms with Gasteiger partial charge in [-0.15, -0.1) is 0 Å². The second-order valence-electron chi connectivity index (χ2n) is 4.90. The van der Waals surface area contributed by atoms with Crippen LogP contribution in [0.5, 0.6) is 0 Å². The monoisotopic (exact) mass is 295 g/mol. The maximum atomic E-state index is 8.91. The fourth-order valence-corrected chi connectivity index (χ4v) is 2.38. The largest absolute Gasteiger partial charge is 0.298 e. The molecular weight excluding hydrogens is 282 g/mol.